The number of halogens is 2. The van der Waals surface area contributed by atoms with Gasteiger partial charge in [-0.1, -0.05) is 0 Å². The van der Waals surface area contributed by atoms with Crippen LogP contribution in [0.3, 0.4) is 0 Å². The number of aromatic nitrogens is 1. The van der Waals surface area contributed by atoms with Gasteiger partial charge < -0.3 is 9.84 Å². The number of rotatable bonds is 2. The van der Waals surface area contributed by atoms with Crippen LogP contribution in [-0.4, -0.2) is 28.5 Å². The lowest BCUT2D eigenvalue weighted by Gasteiger charge is -2.30. The minimum atomic E-state index is -1.31. The summed E-state index contributed by atoms with van der Waals surface area (Å²) in [5, 5.41) is 9.78. The van der Waals surface area contributed by atoms with Crippen LogP contribution in [0, 0.1) is 6.92 Å². The van der Waals surface area contributed by atoms with Crippen LogP contribution in [-0.2, 0) is 6.42 Å². The molecule has 1 saturated carbocycles. The van der Waals surface area contributed by atoms with Gasteiger partial charge in [-0.3, -0.25) is 0 Å². The van der Waals surface area contributed by atoms with Gasteiger partial charge in [0.25, 0.3) is 0 Å². The molecule has 1 aromatic heterocycles. The third-order valence-corrected chi connectivity index (χ3v) is 3.74. The van der Waals surface area contributed by atoms with Crippen LogP contribution in [0.25, 0.3) is 0 Å². The number of hydrogen-bond acceptors (Lipinski definition) is 3. The molecule has 18 heavy (non-hydrogen) atoms. The highest BCUT2D eigenvalue weighted by atomic mass is 19.1. The van der Waals surface area contributed by atoms with E-state index in [1.54, 1.807) is 13.1 Å². The third-order valence-electron chi connectivity index (χ3n) is 3.74. The van der Waals surface area contributed by atoms with Gasteiger partial charge in [0.1, 0.15) is 24.6 Å². The molecule has 0 bridgehead atoms. The molecule has 2 aliphatic carbocycles. The van der Waals surface area contributed by atoms with Crippen molar-refractivity contribution < 1.29 is 18.6 Å². The molecule has 0 spiro atoms. The fourth-order valence-corrected chi connectivity index (χ4v) is 2.61. The molecule has 2 aliphatic rings. The maximum atomic E-state index is 13.6. The van der Waals surface area contributed by atoms with Gasteiger partial charge in [-0.25, -0.2) is 13.8 Å². The lowest BCUT2D eigenvalue weighted by Crippen LogP contribution is -2.35. The molecule has 0 unspecified atom stereocenters. The van der Waals surface area contributed by atoms with Crippen LogP contribution in [0.15, 0.2) is 6.20 Å². The Hall–Kier alpha value is -1.23. The summed E-state index contributed by atoms with van der Waals surface area (Å²) >= 11 is 0. The Labute approximate surface area is 104 Å². The normalized spacial score (nSPS) is 34.0. The highest BCUT2D eigenvalue weighted by Crippen LogP contribution is 2.40. The Bertz CT molecular complexity index is 474. The van der Waals surface area contributed by atoms with E-state index < -0.39 is 18.4 Å². The number of aliphatic hydroxyl groups excluding tert-OH is 1. The van der Waals surface area contributed by atoms with E-state index in [-0.39, 0.29) is 12.5 Å². The minimum Gasteiger partial charge on any atom is -0.474 e. The van der Waals surface area contributed by atoms with Gasteiger partial charge in [0, 0.05) is 31.0 Å². The van der Waals surface area contributed by atoms with E-state index in [1.165, 1.54) is 0 Å². The average molecular weight is 255 g/mol. The van der Waals surface area contributed by atoms with Gasteiger partial charge >= 0.3 is 0 Å². The van der Waals surface area contributed by atoms with Gasteiger partial charge in [-0.2, -0.15) is 0 Å². The van der Waals surface area contributed by atoms with Crippen LogP contribution in [0.1, 0.15) is 35.6 Å². The van der Waals surface area contributed by atoms with E-state index in [0.717, 1.165) is 5.56 Å². The van der Waals surface area contributed by atoms with Crippen LogP contribution in [0.5, 0.6) is 5.88 Å². The zero-order valence-electron chi connectivity index (χ0n) is 10.1. The summed E-state index contributed by atoms with van der Waals surface area (Å²) in [6.07, 6.45) is -0.949. The number of hydrogen-bond donors (Lipinski definition) is 1. The highest BCUT2D eigenvalue weighted by molar-refractivity contribution is 5.45. The molecule has 0 aromatic carbocycles. The summed E-state index contributed by atoms with van der Waals surface area (Å²) in [6, 6.07) is 0. The number of aryl methyl sites for hydroxylation is 1. The Morgan fingerprint density at radius 2 is 2.11 bits per heavy atom. The second-order valence-corrected chi connectivity index (χ2v) is 5.11. The molecule has 98 valence electrons. The summed E-state index contributed by atoms with van der Waals surface area (Å²) in [5.74, 6) is 0.353. The summed E-state index contributed by atoms with van der Waals surface area (Å²) in [4.78, 5) is 4.14. The third kappa shape index (κ3) is 1.77. The second kappa shape index (κ2) is 4.16. The van der Waals surface area contributed by atoms with Crippen LogP contribution in [0.4, 0.5) is 8.78 Å². The first kappa shape index (κ1) is 11.8. The molecule has 1 heterocycles. The number of fused-ring (bicyclic) bond motifs is 1. The summed E-state index contributed by atoms with van der Waals surface area (Å²) in [7, 11) is 0. The van der Waals surface area contributed by atoms with Crippen molar-refractivity contribution in [3.8, 4) is 5.88 Å². The predicted octanol–water partition coefficient (Wildman–Crippen LogP) is 2.20. The molecule has 1 N–H and O–H groups in total. The van der Waals surface area contributed by atoms with Crippen molar-refractivity contribution in [3.63, 3.8) is 0 Å². The lowest BCUT2D eigenvalue weighted by atomic mass is 9.93. The van der Waals surface area contributed by atoms with E-state index in [4.69, 9.17) is 4.74 Å². The first-order chi connectivity index (χ1) is 8.56. The number of ether oxygens (including phenoxy) is 1. The molecule has 5 heteroatoms. The van der Waals surface area contributed by atoms with Crippen LogP contribution >= 0.6 is 0 Å². The molecule has 0 radical (unpaired) electrons. The monoisotopic (exact) mass is 255 g/mol. The zero-order chi connectivity index (χ0) is 12.9. The molecular weight excluding hydrogens is 240 g/mol. The highest BCUT2D eigenvalue weighted by Gasteiger charge is 2.37. The van der Waals surface area contributed by atoms with Crippen molar-refractivity contribution in [3.05, 3.63) is 22.9 Å². The van der Waals surface area contributed by atoms with Gasteiger partial charge in [-0.15, -0.1) is 0 Å². The molecule has 1 aromatic rings. The summed E-state index contributed by atoms with van der Waals surface area (Å²) in [5.41, 5.74) is 1.99. The van der Waals surface area contributed by atoms with E-state index in [2.05, 4.69) is 4.98 Å². The van der Waals surface area contributed by atoms with E-state index in [1.807, 2.05) is 0 Å². The topological polar surface area (TPSA) is 42.4 Å². The Morgan fingerprint density at radius 1 is 1.39 bits per heavy atom. The quantitative estimate of drug-likeness (QED) is 0.881. The molecule has 0 saturated heterocycles. The molecule has 2 atom stereocenters. The maximum absolute atomic E-state index is 13.6. The average Bonchev–Trinajstić information content (AvgIpc) is 2.58. The Morgan fingerprint density at radius 3 is 2.78 bits per heavy atom. The standard InChI is InChI=1S/C13H15F2NO2/c1-6-5-16-13(18-8-2-7(14)3-8)9-4-10(15)12(17)11(6)9/h5,7-8,10,12,17H,2-4H2,1H3/t7?,8?,10-,12-/m1/s1. The smallest absolute Gasteiger partial charge is 0.217 e. The van der Waals surface area contributed by atoms with Gasteiger partial charge in [0.05, 0.1) is 0 Å². The summed E-state index contributed by atoms with van der Waals surface area (Å²) in [6.45, 7) is 1.79. The fraction of sp³-hybridized carbons (Fsp3) is 0.615. The number of nitrogens with zero attached hydrogens (tertiary/aromatic N) is 1. The van der Waals surface area contributed by atoms with Gasteiger partial charge in [-0.05, 0) is 18.1 Å². The number of aliphatic hydroxyl groups is 1. The predicted molar refractivity (Wildman–Crippen MR) is 61.1 cm³/mol. The molecule has 3 nitrogen and oxygen atoms in total. The minimum absolute atomic E-state index is 0.117. The van der Waals surface area contributed by atoms with Gasteiger partial charge in [0.2, 0.25) is 5.88 Å². The molecule has 0 amide bonds. The van der Waals surface area contributed by atoms with Crippen molar-refractivity contribution in [2.45, 2.75) is 50.7 Å². The van der Waals surface area contributed by atoms with E-state index in [9.17, 15) is 13.9 Å². The van der Waals surface area contributed by atoms with Crippen LogP contribution < -0.4 is 4.74 Å². The molecular formula is C13H15F2NO2. The van der Waals surface area contributed by atoms with Crippen molar-refractivity contribution in [1.29, 1.82) is 0 Å². The largest absolute Gasteiger partial charge is 0.474 e. The Balaban J connectivity index is 1.88. The van der Waals surface area contributed by atoms with Crippen molar-refractivity contribution in [1.82, 2.24) is 4.98 Å². The van der Waals surface area contributed by atoms with E-state index in [0.29, 0.717) is 29.8 Å². The Kier molecular flexibility index (Phi) is 2.73. The lowest BCUT2D eigenvalue weighted by molar-refractivity contribution is 0.0370. The molecule has 0 aliphatic heterocycles. The van der Waals surface area contributed by atoms with Crippen molar-refractivity contribution in [2.24, 2.45) is 0 Å². The SMILES string of the molecule is Cc1cnc(OC2CC(F)C2)c2c1[C@H](O)[C@H](F)C2. The second-order valence-electron chi connectivity index (χ2n) is 5.11. The first-order valence-electron chi connectivity index (χ1n) is 6.17. The van der Waals surface area contributed by atoms with Gasteiger partial charge in [0.15, 0.2) is 0 Å². The number of alkyl halides is 2. The summed E-state index contributed by atoms with van der Waals surface area (Å²) < 4.78 is 31.9. The zero-order valence-corrected chi connectivity index (χ0v) is 10.1. The number of pyridine rings is 1. The molecule has 3 rings (SSSR count). The first-order valence-corrected chi connectivity index (χ1v) is 6.17. The fourth-order valence-electron chi connectivity index (χ4n) is 2.61. The van der Waals surface area contributed by atoms with E-state index >= 15 is 0 Å². The van der Waals surface area contributed by atoms with Crippen molar-refractivity contribution >= 4 is 0 Å². The maximum Gasteiger partial charge on any atom is 0.217 e. The van der Waals surface area contributed by atoms with Crippen LogP contribution in [0.2, 0.25) is 0 Å². The van der Waals surface area contributed by atoms with Crippen molar-refractivity contribution in [2.75, 3.05) is 0 Å². The molecule has 1 fully saturated rings.